The molecule has 3 aliphatic heterocycles. The van der Waals surface area contributed by atoms with Gasteiger partial charge in [-0.05, 0) is 24.3 Å². The van der Waals surface area contributed by atoms with Gasteiger partial charge in [-0.15, -0.1) is 0 Å². The van der Waals surface area contributed by atoms with Crippen LogP contribution in [-0.2, 0) is 4.79 Å². The summed E-state index contributed by atoms with van der Waals surface area (Å²) < 4.78 is 57.6. The Bertz CT molecular complexity index is 1170. The Kier molecular flexibility index (Phi) is 7.11. The zero-order valence-electron chi connectivity index (χ0n) is 20.2. The van der Waals surface area contributed by atoms with E-state index in [0.29, 0.717) is 47.5 Å². The van der Waals surface area contributed by atoms with Crippen molar-refractivity contribution in [2.75, 3.05) is 36.2 Å². The fourth-order valence-electron chi connectivity index (χ4n) is 5.02. The summed E-state index contributed by atoms with van der Waals surface area (Å²) in [5, 5.41) is 5.72. The average Bonchev–Trinajstić information content (AvgIpc) is 3.21. The van der Waals surface area contributed by atoms with E-state index in [0.717, 1.165) is 31.6 Å². The fraction of sp³-hybridized carbons (Fsp3) is 0.462. The van der Waals surface area contributed by atoms with Gasteiger partial charge < -0.3 is 23.9 Å². The van der Waals surface area contributed by atoms with E-state index in [1.54, 1.807) is 30.3 Å². The summed E-state index contributed by atoms with van der Waals surface area (Å²) in [5.74, 6) is 1.06. The smallest absolute Gasteiger partial charge is 0.431 e. The molecule has 0 saturated carbocycles. The standard InChI is InChI=1S/C26H27ClF3N3O4/c1-16-21(8-11-34)33(31-25(16)26(28,29)30)17-2-4-18(5-3-17)37-19-6-9-32(10-7-19)22-15-24-23(14-20(22)27)35-12-13-36-24/h2-5,11,14-16,19,21H,6-10,12-13H2,1H3/t16?,21-/m0/s1. The molecule has 1 fully saturated rings. The number of fused-ring (bicyclic) bond motifs is 1. The molecule has 0 aromatic heterocycles. The minimum atomic E-state index is -4.54. The molecule has 2 aromatic carbocycles. The summed E-state index contributed by atoms with van der Waals surface area (Å²) in [6.07, 6.45) is -2.42. The highest BCUT2D eigenvalue weighted by molar-refractivity contribution is 6.33. The number of hydrogen-bond acceptors (Lipinski definition) is 7. The average molecular weight is 538 g/mol. The Labute approximate surface area is 217 Å². The molecule has 0 aliphatic carbocycles. The zero-order chi connectivity index (χ0) is 26.2. The van der Waals surface area contributed by atoms with Crippen LogP contribution in [0, 0.1) is 5.92 Å². The molecule has 7 nitrogen and oxygen atoms in total. The van der Waals surface area contributed by atoms with E-state index >= 15 is 0 Å². The van der Waals surface area contributed by atoms with Crippen LogP contribution in [0.15, 0.2) is 41.5 Å². The van der Waals surface area contributed by atoms with Crippen molar-refractivity contribution >= 4 is 35.0 Å². The van der Waals surface area contributed by atoms with Gasteiger partial charge in [0.1, 0.15) is 37.1 Å². The molecule has 0 radical (unpaired) electrons. The number of hydrogen-bond donors (Lipinski definition) is 0. The van der Waals surface area contributed by atoms with Gasteiger partial charge in [-0.25, -0.2) is 0 Å². The maximum absolute atomic E-state index is 13.4. The molecular weight excluding hydrogens is 511 g/mol. The van der Waals surface area contributed by atoms with Gasteiger partial charge in [-0.2, -0.15) is 18.3 Å². The number of aldehydes is 1. The van der Waals surface area contributed by atoms with Gasteiger partial charge in [0.15, 0.2) is 11.5 Å². The summed E-state index contributed by atoms with van der Waals surface area (Å²) in [7, 11) is 0. The van der Waals surface area contributed by atoms with Crippen LogP contribution in [0.2, 0.25) is 5.02 Å². The normalized spacial score (nSPS) is 22.1. The second-order valence-corrected chi connectivity index (χ2v) is 9.74. The van der Waals surface area contributed by atoms with Crippen LogP contribution in [0.3, 0.4) is 0 Å². The lowest BCUT2D eigenvalue weighted by molar-refractivity contribution is -0.108. The number of rotatable bonds is 6. The van der Waals surface area contributed by atoms with Crippen LogP contribution in [0.1, 0.15) is 26.2 Å². The number of halogens is 4. The number of hydrazone groups is 1. The first kappa shape index (κ1) is 25.5. The number of alkyl halides is 3. The number of carbonyl (C=O) groups excluding carboxylic acids is 1. The molecule has 11 heteroatoms. The second kappa shape index (κ2) is 10.3. The van der Waals surface area contributed by atoms with E-state index in [4.69, 9.17) is 25.8 Å². The van der Waals surface area contributed by atoms with Crippen molar-refractivity contribution in [3.8, 4) is 17.2 Å². The lowest BCUT2D eigenvalue weighted by Crippen LogP contribution is -2.38. The van der Waals surface area contributed by atoms with Crippen LogP contribution in [0.25, 0.3) is 0 Å². The third-order valence-electron chi connectivity index (χ3n) is 6.96. The summed E-state index contributed by atoms with van der Waals surface area (Å²) in [6.45, 7) is 3.95. The molecule has 0 bridgehead atoms. The van der Waals surface area contributed by atoms with Gasteiger partial charge in [0, 0.05) is 50.4 Å². The van der Waals surface area contributed by atoms with E-state index < -0.39 is 23.8 Å². The van der Waals surface area contributed by atoms with E-state index in [9.17, 15) is 18.0 Å². The lowest BCUT2D eigenvalue weighted by Gasteiger charge is -2.35. The highest BCUT2D eigenvalue weighted by Crippen LogP contribution is 2.41. The quantitative estimate of drug-likeness (QED) is 0.454. The molecule has 2 atom stereocenters. The maximum atomic E-state index is 13.4. The first-order valence-corrected chi connectivity index (χ1v) is 12.6. The Hall–Kier alpha value is -3.14. The van der Waals surface area contributed by atoms with Crippen LogP contribution < -0.4 is 24.1 Å². The number of carbonyl (C=O) groups is 1. The van der Waals surface area contributed by atoms with Crippen molar-refractivity contribution in [3.05, 3.63) is 41.4 Å². The number of anilines is 2. The number of nitrogens with zero attached hydrogens (tertiary/aromatic N) is 3. The Morgan fingerprint density at radius 2 is 1.76 bits per heavy atom. The van der Waals surface area contributed by atoms with E-state index in [-0.39, 0.29) is 12.5 Å². The van der Waals surface area contributed by atoms with Crippen LogP contribution in [0.5, 0.6) is 17.2 Å². The zero-order valence-corrected chi connectivity index (χ0v) is 21.0. The lowest BCUT2D eigenvalue weighted by atomic mass is 9.95. The first-order valence-electron chi connectivity index (χ1n) is 12.2. The monoisotopic (exact) mass is 537 g/mol. The van der Waals surface area contributed by atoms with Gasteiger partial charge in [-0.1, -0.05) is 18.5 Å². The second-order valence-electron chi connectivity index (χ2n) is 9.33. The molecule has 3 heterocycles. The van der Waals surface area contributed by atoms with Crippen molar-refractivity contribution in [3.63, 3.8) is 0 Å². The molecule has 3 aliphatic rings. The predicted molar refractivity (Wildman–Crippen MR) is 134 cm³/mol. The summed E-state index contributed by atoms with van der Waals surface area (Å²) in [4.78, 5) is 13.3. The van der Waals surface area contributed by atoms with Gasteiger partial charge in [0.25, 0.3) is 0 Å². The maximum Gasteiger partial charge on any atom is 0.431 e. The van der Waals surface area contributed by atoms with Crippen molar-refractivity contribution in [1.29, 1.82) is 0 Å². The number of piperidine rings is 1. The van der Waals surface area contributed by atoms with Gasteiger partial charge in [0.05, 0.1) is 22.4 Å². The highest BCUT2D eigenvalue weighted by atomic mass is 35.5. The fourth-order valence-corrected chi connectivity index (χ4v) is 5.30. The van der Waals surface area contributed by atoms with Crippen LogP contribution in [-0.4, -0.2) is 56.6 Å². The topological polar surface area (TPSA) is 63.6 Å². The molecule has 0 spiro atoms. The molecule has 1 unspecified atom stereocenters. The Balaban J connectivity index is 1.21. The van der Waals surface area contributed by atoms with Crippen molar-refractivity contribution < 1.29 is 32.2 Å². The van der Waals surface area contributed by atoms with Gasteiger partial charge >= 0.3 is 6.18 Å². The molecule has 198 valence electrons. The molecule has 0 amide bonds. The molecule has 1 saturated heterocycles. The van der Waals surface area contributed by atoms with E-state index in [1.807, 2.05) is 6.07 Å². The van der Waals surface area contributed by atoms with Gasteiger partial charge in [0.2, 0.25) is 0 Å². The minimum absolute atomic E-state index is 0.0115. The Morgan fingerprint density at radius 1 is 1.11 bits per heavy atom. The minimum Gasteiger partial charge on any atom is -0.490 e. The number of benzene rings is 2. The first-order chi connectivity index (χ1) is 17.7. The number of ether oxygens (including phenoxy) is 3. The predicted octanol–water partition coefficient (Wildman–Crippen LogP) is 5.49. The summed E-state index contributed by atoms with van der Waals surface area (Å²) in [6, 6.07) is 9.82. The SMILES string of the molecule is CC1C(C(F)(F)F)=NN(c2ccc(OC3CCN(c4cc5c(cc4Cl)OCCO5)CC3)cc2)[C@H]1CC=O. The van der Waals surface area contributed by atoms with Crippen LogP contribution in [0.4, 0.5) is 24.5 Å². The van der Waals surface area contributed by atoms with E-state index in [2.05, 4.69) is 10.0 Å². The Morgan fingerprint density at radius 3 is 2.38 bits per heavy atom. The molecular formula is C26H27ClF3N3O4. The molecule has 2 aromatic rings. The summed E-state index contributed by atoms with van der Waals surface area (Å²) >= 11 is 6.50. The van der Waals surface area contributed by atoms with Gasteiger partial charge in [-0.3, -0.25) is 5.01 Å². The molecule has 0 N–H and O–H groups in total. The summed E-state index contributed by atoms with van der Waals surface area (Å²) in [5.41, 5.74) is 0.509. The van der Waals surface area contributed by atoms with Crippen molar-refractivity contribution in [1.82, 2.24) is 0 Å². The third kappa shape index (κ3) is 5.30. The van der Waals surface area contributed by atoms with Crippen molar-refractivity contribution in [2.24, 2.45) is 11.0 Å². The van der Waals surface area contributed by atoms with E-state index in [1.165, 1.54) is 11.9 Å². The largest absolute Gasteiger partial charge is 0.490 e. The third-order valence-corrected chi connectivity index (χ3v) is 7.27. The molecule has 37 heavy (non-hydrogen) atoms. The van der Waals surface area contributed by atoms with Crippen LogP contribution >= 0.6 is 11.6 Å². The molecule has 5 rings (SSSR count). The van der Waals surface area contributed by atoms with Crippen molar-refractivity contribution in [2.45, 2.75) is 44.5 Å². The highest BCUT2D eigenvalue weighted by Gasteiger charge is 2.48.